The molecule has 0 spiro atoms. The molecule has 4 aromatic carbocycles. The molecule has 0 saturated heterocycles. The highest BCUT2D eigenvalue weighted by Crippen LogP contribution is 2.33. The van der Waals surface area contributed by atoms with Crippen LogP contribution in [0.25, 0.3) is 44.2 Å². The first-order valence-electron chi connectivity index (χ1n) is 10.3. The number of rotatable bonds is 3. The first-order valence-corrected chi connectivity index (χ1v) is 10.3. The van der Waals surface area contributed by atoms with Gasteiger partial charge >= 0.3 is 0 Å². The van der Waals surface area contributed by atoms with Crippen molar-refractivity contribution in [3.05, 3.63) is 96.6 Å². The minimum atomic E-state index is 0.818. The van der Waals surface area contributed by atoms with Crippen molar-refractivity contribution in [2.75, 3.05) is 13.1 Å². The fraction of sp³-hybridized carbons (Fsp3) is 0.0741. The van der Waals surface area contributed by atoms with Gasteiger partial charge in [-0.05, 0) is 46.2 Å². The number of furan rings is 1. The summed E-state index contributed by atoms with van der Waals surface area (Å²) < 4.78 is 6.23. The lowest BCUT2D eigenvalue weighted by molar-refractivity contribution is 0.631. The van der Waals surface area contributed by atoms with Gasteiger partial charge < -0.3 is 9.73 Å². The Bertz CT molecular complexity index is 1430. The average molecular weight is 388 g/mol. The van der Waals surface area contributed by atoms with Crippen molar-refractivity contribution in [2.45, 2.75) is 0 Å². The number of hydrogen-bond donors (Lipinski definition) is 1. The third-order valence-electron chi connectivity index (χ3n) is 5.72. The van der Waals surface area contributed by atoms with Gasteiger partial charge in [-0.3, -0.25) is 4.99 Å². The number of benzene rings is 4. The molecule has 0 atom stereocenters. The van der Waals surface area contributed by atoms with Crippen LogP contribution in [0.4, 0.5) is 0 Å². The zero-order valence-electron chi connectivity index (χ0n) is 16.4. The van der Waals surface area contributed by atoms with E-state index in [1.54, 1.807) is 0 Å². The SMILES string of the molecule is c1ccc(-c2cc3cc(-c4ccc5ccccc5c4)ccc3o2)c(C2=NCCN2)c1. The van der Waals surface area contributed by atoms with E-state index in [1.807, 2.05) is 12.1 Å². The predicted octanol–water partition coefficient (Wildman–Crippen LogP) is 6.27. The smallest absolute Gasteiger partial charge is 0.136 e. The van der Waals surface area contributed by atoms with Crippen molar-refractivity contribution in [1.82, 2.24) is 5.32 Å². The molecule has 1 N–H and O–H groups in total. The monoisotopic (exact) mass is 388 g/mol. The van der Waals surface area contributed by atoms with Crippen LogP contribution in [0.2, 0.25) is 0 Å². The second-order valence-corrected chi connectivity index (χ2v) is 7.63. The second kappa shape index (κ2) is 6.89. The summed E-state index contributed by atoms with van der Waals surface area (Å²) in [5.74, 6) is 1.82. The van der Waals surface area contributed by atoms with Crippen LogP contribution in [0, 0.1) is 0 Å². The molecule has 0 fully saturated rings. The van der Waals surface area contributed by atoms with Crippen LogP contribution in [0.5, 0.6) is 0 Å². The zero-order chi connectivity index (χ0) is 19.9. The Morgan fingerprint density at radius 2 is 1.40 bits per heavy atom. The average Bonchev–Trinajstić information content (AvgIpc) is 3.48. The maximum atomic E-state index is 6.23. The van der Waals surface area contributed by atoms with Gasteiger partial charge in [0, 0.05) is 23.1 Å². The van der Waals surface area contributed by atoms with Crippen LogP contribution in [-0.2, 0) is 0 Å². The Morgan fingerprint density at radius 1 is 0.667 bits per heavy atom. The van der Waals surface area contributed by atoms with Crippen molar-refractivity contribution in [3.63, 3.8) is 0 Å². The van der Waals surface area contributed by atoms with Crippen molar-refractivity contribution in [2.24, 2.45) is 4.99 Å². The van der Waals surface area contributed by atoms with Gasteiger partial charge in [-0.15, -0.1) is 0 Å². The molecule has 0 unspecified atom stereocenters. The Hall–Kier alpha value is -3.85. The van der Waals surface area contributed by atoms with E-state index in [-0.39, 0.29) is 0 Å². The summed E-state index contributed by atoms with van der Waals surface area (Å²) in [7, 11) is 0. The molecule has 0 aliphatic carbocycles. The molecule has 1 aliphatic heterocycles. The van der Waals surface area contributed by atoms with E-state index in [1.165, 1.54) is 21.9 Å². The maximum Gasteiger partial charge on any atom is 0.136 e. The summed E-state index contributed by atoms with van der Waals surface area (Å²) in [6, 6.07) is 31.9. The first-order chi connectivity index (χ1) is 14.8. The Labute approximate surface area is 174 Å². The Kier molecular flexibility index (Phi) is 3.91. The lowest BCUT2D eigenvalue weighted by Gasteiger charge is -2.07. The lowest BCUT2D eigenvalue weighted by Crippen LogP contribution is -2.20. The number of nitrogens with one attached hydrogen (secondary N) is 1. The Morgan fingerprint density at radius 3 is 2.23 bits per heavy atom. The van der Waals surface area contributed by atoms with Gasteiger partial charge in [-0.1, -0.05) is 66.7 Å². The van der Waals surface area contributed by atoms with Crippen molar-refractivity contribution in [3.8, 4) is 22.5 Å². The molecule has 3 heteroatoms. The van der Waals surface area contributed by atoms with Gasteiger partial charge in [0.05, 0.1) is 6.54 Å². The molecule has 6 rings (SSSR count). The maximum absolute atomic E-state index is 6.23. The molecule has 0 bridgehead atoms. The van der Waals surface area contributed by atoms with E-state index in [2.05, 4.69) is 89.2 Å². The summed E-state index contributed by atoms with van der Waals surface area (Å²) in [4.78, 5) is 4.59. The Balaban J connectivity index is 1.44. The molecule has 0 amide bonds. The molecule has 0 radical (unpaired) electrons. The number of aliphatic imine (C=N–C) groups is 1. The molecule has 0 saturated carbocycles. The van der Waals surface area contributed by atoms with Gasteiger partial charge in [-0.25, -0.2) is 0 Å². The molecule has 1 aliphatic rings. The van der Waals surface area contributed by atoms with E-state index in [4.69, 9.17) is 4.42 Å². The number of amidine groups is 1. The van der Waals surface area contributed by atoms with E-state index in [9.17, 15) is 0 Å². The highest BCUT2D eigenvalue weighted by atomic mass is 16.3. The van der Waals surface area contributed by atoms with Crippen molar-refractivity contribution in [1.29, 1.82) is 0 Å². The minimum Gasteiger partial charge on any atom is -0.456 e. The third-order valence-corrected chi connectivity index (χ3v) is 5.72. The third kappa shape index (κ3) is 2.87. The van der Waals surface area contributed by atoms with Crippen LogP contribution in [0.1, 0.15) is 5.56 Å². The summed E-state index contributed by atoms with van der Waals surface area (Å²) in [5.41, 5.74) is 5.45. The summed E-state index contributed by atoms with van der Waals surface area (Å²) in [6.45, 7) is 1.71. The highest BCUT2D eigenvalue weighted by molar-refractivity contribution is 6.05. The summed E-state index contributed by atoms with van der Waals surface area (Å²) >= 11 is 0. The molecule has 3 nitrogen and oxygen atoms in total. The van der Waals surface area contributed by atoms with Crippen LogP contribution in [0.3, 0.4) is 0 Å². The number of hydrogen-bond acceptors (Lipinski definition) is 3. The van der Waals surface area contributed by atoms with Crippen LogP contribution in [0.15, 0.2) is 100 Å². The molecule has 1 aromatic heterocycles. The van der Waals surface area contributed by atoms with Crippen LogP contribution >= 0.6 is 0 Å². The van der Waals surface area contributed by atoms with Gasteiger partial charge in [0.1, 0.15) is 17.2 Å². The minimum absolute atomic E-state index is 0.818. The number of fused-ring (bicyclic) bond motifs is 2. The lowest BCUT2D eigenvalue weighted by atomic mass is 10.00. The molecule has 144 valence electrons. The largest absolute Gasteiger partial charge is 0.456 e. The number of nitrogens with zero attached hydrogens (tertiary/aromatic N) is 1. The second-order valence-electron chi connectivity index (χ2n) is 7.63. The van der Waals surface area contributed by atoms with Gasteiger partial charge in [0.2, 0.25) is 0 Å². The molecule has 5 aromatic rings. The fourth-order valence-electron chi connectivity index (χ4n) is 4.21. The standard InChI is InChI=1S/C27H20N2O/c1-2-6-19-15-20(10-9-18(19)5-1)21-11-12-25-22(16-21)17-26(30-25)23-7-3-4-8-24(23)27-28-13-14-29-27/h1-12,15-17H,13-14H2,(H,28,29). The quantitative estimate of drug-likeness (QED) is 0.395. The predicted molar refractivity (Wildman–Crippen MR) is 124 cm³/mol. The van der Waals surface area contributed by atoms with Gasteiger partial charge in [0.15, 0.2) is 0 Å². The fourth-order valence-corrected chi connectivity index (χ4v) is 4.21. The van der Waals surface area contributed by atoms with Crippen LogP contribution < -0.4 is 5.32 Å². The molecular weight excluding hydrogens is 368 g/mol. The zero-order valence-corrected chi connectivity index (χ0v) is 16.4. The van der Waals surface area contributed by atoms with Gasteiger partial charge in [-0.2, -0.15) is 0 Å². The van der Waals surface area contributed by atoms with Crippen molar-refractivity contribution >= 4 is 27.6 Å². The van der Waals surface area contributed by atoms with Gasteiger partial charge in [0.25, 0.3) is 0 Å². The summed E-state index contributed by atoms with van der Waals surface area (Å²) in [6.07, 6.45) is 0. The molecule has 2 heterocycles. The topological polar surface area (TPSA) is 37.5 Å². The van der Waals surface area contributed by atoms with E-state index >= 15 is 0 Å². The highest BCUT2D eigenvalue weighted by Gasteiger charge is 2.16. The van der Waals surface area contributed by atoms with Crippen LogP contribution in [-0.4, -0.2) is 18.9 Å². The normalized spacial score (nSPS) is 13.5. The van der Waals surface area contributed by atoms with Crippen molar-refractivity contribution < 1.29 is 4.42 Å². The summed E-state index contributed by atoms with van der Waals surface area (Å²) in [5, 5.41) is 6.98. The van der Waals surface area contributed by atoms with E-state index in [0.29, 0.717) is 0 Å². The molecular formula is C27H20N2O. The van der Waals surface area contributed by atoms with E-state index < -0.39 is 0 Å². The molecule has 30 heavy (non-hydrogen) atoms. The van der Waals surface area contributed by atoms with E-state index in [0.717, 1.165) is 46.8 Å². The first kappa shape index (κ1) is 17.0.